The number of hydrogen-bond donors (Lipinski definition) is 2. The molecule has 1 saturated carbocycles. The molecule has 1 fully saturated rings. The second kappa shape index (κ2) is 5.46. The zero-order chi connectivity index (χ0) is 14.0. The highest BCUT2D eigenvalue weighted by molar-refractivity contribution is 7.89. The minimum atomic E-state index is -3.68. The van der Waals surface area contributed by atoms with Gasteiger partial charge in [0.05, 0.1) is 4.90 Å². The third kappa shape index (κ3) is 3.67. The van der Waals surface area contributed by atoms with Crippen LogP contribution in [0.2, 0.25) is 0 Å². The lowest BCUT2D eigenvalue weighted by molar-refractivity contribution is 0.567. The molecule has 6 heteroatoms. The zero-order valence-corrected chi connectivity index (χ0v) is 11.8. The maximum absolute atomic E-state index is 13.5. The van der Waals surface area contributed by atoms with E-state index >= 15 is 0 Å². The average Bonchev–Trinajstić information content (AvgIpc) is 3.13. The number of rotatable bonds is 6. The SMILES string of the molecule is Cc1c(F)cc(N)cc1S(=O)(=O)NCCCC1CC1. The topological polar surface area (TPSA) is 72.2 Å². The molecule has 0 bridgehead atoms. The Labute approximate surface area is 113 Å². The summed E-state index contributed by atoms with van der Waals surface area (Å²) in [5.41, 5.74) is 5.71. The Morgan fingerprint density at radius 3 is 2.74 bits per heavy atom. The van der Waals surface area contributed by atoms with Crippen molar-refractivity contribution in [3.05, 3.63) is 23.5 Å². The summed E-state index contributed by atoms with van der Waals surface area (Å²) in [7, 11) is -3.68. The van der Waals surface area contributed by atoms with Crippen LogP contribution in [0.1, 0.15) is 31.2 Å². The van der Waals surface area contributed by atoms with Crippen molar-refractivity contribution >= 4 is 15.7 Å². The number of halogens is 1. The Morgan fingerprint density at radius 1 is 1.42 bits per heavy atom. The van der Waals surface area contributed by atoms with Gasteiger partial charge < -0.3 is 5.73 Å². The molecule has 0 aliphatic heterocycles. The Bertz CT molecular complexity index is 568. The Morgan fingerprint density at radius 2 is 2.11 bits per heavy atom. The highest BCUT2D eigenvalue weighted by Crippen LogP contribution is 2.33. The largest absolute Gasteiger partial charge is 0.399 e. The van der Waals surface area contributed by atoms with Crippen LogP contribution in [0.4, 0.5) is 10.1 Å². The predicted molar refractivity (Wildman–Crippen MR) is 72.7 cm³/mol. The lowest BCUT2D eigenvalue weighted by Crippen LogP contribution is -2.26. The third-order valence-corrected chi connectivity index (χ3v) is 4.97. The van der Waals surface area contributed by atoms with Crippen molar-refractivity contribution in [2.24, 2.45) is 5.92 Å². The van der Waals surface area contributed by atoms with Crippen LogP contribution in [0.3, 0.4) is 0 Å². The normalized spacial score (nSPS) is 15.7. The van der Waals surface area contributed by atoms with Gasteiger partial charge in [0.2, 0.25) is 10.0 Å². The van der Waals surface area contributed by atoms with E-state index in [1.54, 1.807) is 0 Å². The first kappa shape index (κ1) is 14.3. The van der Waals surface area contributed by atoms with Crippen LogP contribution in [0.25, 0.3) is 0 Å². The molecule has 1 aliphatic carbocycles. The maximum Gasteiger partial charge on any atom is 0.241 e. The number of hydrogen-bond acceptors (Lipinski definition) is 3. The number of nitrogen functional groups attached to an aromatic ring is 1. The smallest absolute Gasteiger partial charge is 0.241 e. The molecule has 0 unspecified atom stereocenters. The molecule has 0 atom stereocenters. The Kier molecular flexibility index (Phi) is 4.10. The molecule has 106 valence electrons. The van der Waals surface area contributed by atoms with Gasteiger partial charge in [-0.05, 0) is 37.8 Å². The number of benzene rings is 1. The second-order valence-corrected chi connectivity index (χ2v) is 6.84. The standard InChI is InChI=1S/C13H19FN2O2S/c1-9-12(14)7-11(15)8-13(9)19(17,18)16-6-2-3-10-4-5-10/h7-8,10,16H,2-6,15H2,1H3. The molecule has 1 aliphatic rings. The molecule has 0 radical (unpaired) electrons. The van der Waals surface area contributed by atoms with Crippen molar-refractivity contribution < 1.29 is 12.8 Å². The van der Waals surface area contributed by atoms with Crippen molar-refractivity contribution in [1.82, 2.24) is 4.72 Å². The third-order valence-electron chi connectivity index (χ3n) is 3.39. The van der Waals surface area contributed by atoms with Gasteiger partial charge in [0.25, 0.3) is 0 Å². The first-order chi connectivity index (χ1) is 8.90. The summed E-state index contributed by atoms with van der Waals surface area (Å²) in [5, 5.41) is 0. The van der Waals surface area contributed by atoms with Gasteiger partial charge in [-0.3, -0.25) is 0 Å². The van der Waals surface area contributed by atoms with Crippen molar-refractivity contribution in [1.29, 1.82) is 0 Å². The fourth-order valence-electron chi connectivity index (χ4n) is 2.03. The average molecular weight is 286 g/mol. The molecule has 0 amide bonds. The molecule has 0 saturated heterocycles. The van der Waals surface area contributed by atoms with Gasteiger partial charge in [0, 0.05) is 17.8 Å². The second-order valence-electron chi connectivity index (χ2n) is 5.11. The van der Waals surface area contributed by atoms with Crippen LogP contribution >= 0.6 is 0 Å². The van der Waals surface area contributed by atoms with E-state index in [0.717, 1.165) is 24.8 Å². The molecule has 4 nitrogen and oxygen atoms in total. The van der Waals surface area contributed by atoms with Gasteiger partial charge >= 0.3 is 0 Å². The van der Waals surface area contributed by atoms with E-state index in [1.165, 1.54) is 25.8 Å². The van der Waals surface area contributed by atoms with Gasteiger partial charge in [-0.2, -0.15) is 0 Å². The van der Waals surface area contributed by atoms with Gasteiger partial charge in [-0.15, -0.1) is 0 Å². The number of nitrogens with two attached hydrogens (primary N) is 1. The zero-order valence-electron chi connectivity index (χ0n) is 10.9. The number of nitrogens with one attached hydrogen (secondary N) is 1. The van der Waals surface area contributed by atoms with Crippen LogP contribution in [0.15, 0.2) is 17.0 Å². The van der Waals surface area contributed by atoms with Gasteiger partial charge in [0.15, 0.2) is 0 Å². The van der Waals surface area contributed by atoms with Crippen molar-refractivity contribution in [3.63, 3.8) is 0 Å². The molecule has 1 aromatic rings. The predicted octanol–water partition coefficient (Wildman–Crippen LogP) is 2.18. The highest BCUT2D eigenvalue weighted by atomic mass is 32.2. The van der Waals surface area contributed by atoms with Crippen molar-refractivity contribution in [3.8, 4) is 0 Å². The first-order valence-corrected chi connectivity index (χ1v) is 7.94. The van der Waals surface area contributed by atoms with Crippen molar-refractivity contribution in [2.45, 2.75) is 37.5 Å². The molecular formula is C13H19FN2O2S. The summed E-state index contributed by atoms with van der Waals surface area (Å²) in [6.45, 7) is 1.82. The lowest BCUT2D eigenvalue weighted by atomic mass is 10.2. The van der Waals surface area contributed by atoms with Crippen molar-refractivity contribution in [2.75, 3.05) is 12.3 Å². The summed E-state index contributed by atoms with van der Waals surface area (Å²) >= 11 is 0. The van der Waals surface area contributed by atoms with Crippen LogP contribution < -0.4 is 10.5 Å². The molecule has 2 rings (SSSR count). The van der Waals surface area contributed by atoms with Crippen LogP contribution in [-0.2, 0) is 10.0 Å². The van der Waals surface area contributed by atoms with E-state index in [9.17, 15) is 12.8 Å². The molecule has 3 N–H and O–H groups in total. The van der Waals surface area contributed by atoms with E-state index in [-0.39, 0.29) is 16.1 Å². The van der Waals surface area contributed by atoms with Crippen LogP contribution in [0.5, 0.6) is 0 Å². The number of sulfonamides is 1. The van der Waals surface area contributed by atoms with E-state index < -0.39 is 15.8 Å². The van der Waals surface area contributed by atoms with E-state index in [0.29, 0.717) is 6.54 Å². The highest BCUT2D eigenvalue weighted by Gasteiger charge is 2.22. The molecule has 19 heavy (non-hydrogen) atoms. The lowest BCUT2D eigenvalue weighted by Gasteiger charge is -2.10. The summed E-state index contributed by atoms with van der Waals surface area (Å²) in [6.07, 6.45) is 4.37. The quantitative estimate of drug-likeness (QED) is 0.622. The minimum Gasteiger partial charge on any atom is -0.399 e. The fourth-order valence-corrected chi connectivity index (χ4v) is 3.39. The Balaban J connectivity index is 2.05. The monoisotopic (exact) mass is 286 g/mol. The van der Waals surface area contributed by atoms with Gasteiger partial charge in [-0.25, -0.2) is 17.5 Å². The van der Waals surface area contributed by atoms with Crippen LogP contribution in [0, 0.1) is 18.7 Å². The van der Waals surface area contributed by atoms with Crippen LogP contribution in [-0.4, -0.2) is 15.0 Å². The summed E-state index contributed by atoms with van der Waals surface area (Å²) < 4.78 is 40.2. The maximum atomic E-state index is 13.5. The molecule has 0 aromatic heterocycles. The molecular weight excluding hydrogens is 267 g/mol. The summed E-state index contributed by atoms with van der Waals surface area (Å²) in [5.74, 6) is 0.175. The fraction of sp³-hybridized carbons (Fsp3) is 0.538. The molecule has 0 spiro atoms. The van der Waals surface area contributed by atoms with Gasteiger partial charge in [-0.1, -0.05) is 12.8 Å². The number of anilines is 1. The first-order valence-electron chi connectivity index (χ1n) is 6.45. The van der Waals surface area contributed by atoms with E-state index in [1.807, 2.05) is 0 Å². The summed E-state index contributed by atoms with van der Waals surface area (Å²) in [4.78, 5) is -0.0728. The van der Waals surface area contributed by atoms with E-state index in [2.05, 4.69) is 4.72 Å². The molecule has 1 aromatic carbocycles. The minimum absolute atomic E-state index is 0.0728. The Hall–Kier alpha value is -1.14. The van der Waals surface area contributed by atoms with E-state index in [4.69, 9.17) is 5.73 Å². The van der Waals surface area contributed by atoms with Gasteiger partial charge in [0.1, 0.15) is 5.82 Å². The molecule has 0 heterocycles. The summed E-state index contributed by atoms with van der Waals surface area (Å²) in [6, 6.07) is 2.42.